The first-order valence-electron chi connectivity index (χ1n) is 7.40. The molecule has 1 amide bonds. The lowest BCUT2D eigenvalue weighted by Crippen LogP contribution is -2.27. The Morgan fingerprint density at radius 3 is 2.74 bits per heavy atom. The lowest BCUT2D eigenvalue weighted by molar-refractivity contribution is 0.0794. The number of unbranched alkanes of at least 4 members (excludes halogenated alkanes) is 3. The van der Waals surface area contributed by atoms with E-state index in [0.29, 0.717) is 5.00 Å². The molecule has 0 radical (unpaired) electrons. The van der Waals surface area contributed by atoms with Crippen LogP contribution in [0, 0.1) is 0 Å². The van der Waals surface area contributed by atoms with Crippen molar-refractivity contribution in [1.82, 2.24) is 4.90 Å². The van der Waals surface area contributed by atoms with E-state index in [1.54, 1.807) is 11.3 Å². The third-order valence-corrected chi connectivity index (χ3v) is 4.74. The van der Waals surface area contributed by atoms with Gasteiger partial charge in [0.05, 0.1) is 10.6 Å². The van der Waals surface area contributed by atoms with Crippen molar-refractivity contribution < 1.29 is 4.79 Å². The molecule has 0 atom stereocenters. The summed E-state index contributed by atoms with van der Waals surface area (Å²) in [6.45, 7) is 4.00. The first-order chi connectivity index (χ1) is 9.22. The van der Waals surface area contributed by atoms with Crippen LogP contribution < -0.4 is 5.73 Å². The van der Waals surface area contributed by atoms with Crippen LogP contribution in [0.5, 0.6) is 0 Å². The minimum Gasteiger partial charge on any atom is -0.390 e. The molecule has 3 nitrogen and oxygen atoms in total. The predicted molar refractivity (Wildman–Crippen MR) is 81.7 cm³/mol. The van der Waals surface area contributed by atoms with Gasteiger partial charge >= 0.3 is 0 Å². The van der Waals surface area contributed by atoms with Gasteiger partial charge in [-0.15, -0.1) is 11.3 Å². The van der Waals surface area contributed by atoms with Gasteiger partial charge < -0.3 is 10.6 Å². The molecule has 0 bridgehead atoms. The van der Waals surface area contributed by atoms with Gasteiger partial charge in [0, 0.05) is 18.0 Å². The number of likely N-dealkylation sites (tertiary alicyclic amines) is 1. The molecule has 1 fully saturated rings. The fourth-order valence-corrected chi connectivity index (χ4v) is 3.53. The van der Waals surface area contributed by atoms with E-state index >= 15 is 0 Å². The third kappa shape index (κ3) is 3.72. The zero-order valence-corrected chi connectivity index (χ0v) is 12.6. The molecule has 4 heteroatoms. The summed E-state index contributed by atoms with van der Waals surface area (Å²) in [5, 5.41) is 0.697. The largest absolute Gasteiger partial charge is 0.390 e. The van der Waals surface area contributed by atoms with Crippen LogP contribution in [0.3, 0.4) is 0 Å². The number of carbonyl (C=O) groups is 1. The molecule has 2 rings (SSSR count). The van der Waals surface area contributed by atoms with Gasteiger partial charge in [0.25, 0.3) is 5.91 Å². The molecule has 106 valence electrons. The molecule has 2 heterocycles. The highest BCUT2D eigenvalue weighted by atomic mass is 32.1. The van der Waals surface area contributed by atoms with Gasteiger partial charge in [-0.1, -0.05) is 26.2 Å². The number of aryl methyl sites for hydroxylation is 1. The van der Waals surface area contributed by atoms with Gasteiger partial charge in [0.15, 0.2) is 0 Å². The Balaban J connectivity index is 1.94. The van der Waals surface area contributed by atoms with Crippen LogP contribution in [0.25, 0.3) is 0 Å². The van der Waals surface area contributed by atoms with E-state index in [-0.39, 0.29) is 5.91 Å². The molecule has 0 aliphatic carbocycles. The number of nitrogens with zero attached hydrogens (tertiary/aromatic N) is 1. The summed E-state index contributed by atoms with van der Waals surface area (Å²) in [4.78, 5) is 15.5. The first-order valence-corrected chi connectivity index (χ1v) is 8.21. The van der Waals surface area contributed by atoms with Crippen LogP contribution >= 0.6 is 11.3 Å². The minimum absolute atomic E-state index is 0.131. The first kappa shape index (κ1) is 14.4. The highest BCUT2D eigenvalue weighted by Crippen LogP contribution is 2.28. The Hall–Kier alpha value is -1.03. The molecule has 1 aromatic rings. The standard InChI is InChI=1S/C15H24N2OS/c1-2-3-4-5-8-12-11-13(14(16)19-12)15(18)17-9-6-7-10-17/h11H,2-10,16H2,1H3. The van der Waals surface area contributed by atoms with Crippen molar-refractivity contribution in [2.75, 3.05) is 18.8 Å². The molecule has 1 aliphatic rings. The van der Waals surface area contributed by atoms with E-state index in [1.165, 1.54) is 30.6 Å². The van der Waals surface area contributed by atoms with Crippen molar-refractivity contribution in [3.63, 3.8) is 0 Å². The molecule has 1 saturated heterocycles. The van der Waals surface area contributed by atoms with Crippen LogP contribution in [-0.2, 0) is 6.42 Å². The number of hydrogen-bond acceptors (Lipinski definition) is 3. The number of hydrogen-bond donors (Lipinski definition) is 1. The molecule has 1 aromatic heterocycles. The number of nitrogen functional groups attached to an aromatic ring is 1. The molecule has 0 saturated carbocycles. The minimum atomic E-state index is 0.131. The van der Waals surface area contributed by atoms with E-state index in [4.69, 9.17) is 5.73 Å². The average Bonchev–Trinajstić information content (AvgIpc) is 3.03. The Bertz CT molecular complexity index is 422. The van der Waals surface area contributed by atoms with Gasteiger partial charge in [0.2, 0.25) is 0 Å². The molecule has 1 aliphatic heterocycles. The topological polar surface area (TPSA) is 46.3 Å². The van der Waals surface area contributed by atoms with Crippen LogP contribution in [0.15, 0.2) is 6.07 Å². The summed E-state index contributed by atoms with van der Waals surface area (Å²) in [6.07, 6.45) is 8.32. The van der Waals surface area contributed by atoms with Crippen molar-refractivity contribution in [2.24, 2.45) is 0 Å². The summed E-state index contributed by atoms with van der Waals surface area (Å²) >= 11 is 1.59. The van der Waals surface area contributed by atoms with Gasteiger partial charge in [0.1, 0.15) is 0 Å². The number of rotatable bonds is 6. The Morgan fingerprint density at radius 1 is 1.32 bits per heavy atom. The molecule has 0 spiro atoms. The molecule has 2 N–H and O–H groups in total. The average molecular weight is 280 g/mol. The maximum atomic E-state index is 12.3. The monoisotopic (exact) mass is 280 g/mol. The smallest absolute Gasteiger partial charge is 0.256 e. The lowest BCUT2D eigenvalue weighted by Gasteiger charge is -2.14. The number of carbonyl (C=O) groups excluding carboxylic acids is 1. The fourth-order valence-electron chi connectivity index (χ4n) is 2.56. The van der Waals surface area contributed by atoms with Crippen molar-refractivity contribution in [2.45, 2.75) is 51.9 Å². The maximum absolute atomic E-state index is 12.3. The molecule has 0 aromatic carbocycles. The van der Waals surface area contributed by atoms with Crippen molar-refractivity contribution in [1.29, 1.82) is 0 Å². The van der Waals surface area contributed by atoms with Crippen molar-refractivity contribution in [3.05, 3.63) is 16.5 Å². The van der Waals surface area contributed by atoms with Crippen LogP contribution in [0.4, 0.5) is 5.00 Å². The summed E-state index contributed by atoms with van der Waals surface area (Å²) in [5.41, 5.74) is 6.75. The quantitative estimate of drug-likeness (QED) is 0.808. The van der Waals surface area contributed by atoms with Gasteiger partial charge in [-0.05, 0) is 31.7 Å². The predicted octanol–water partition coefficient (Wildman–Crippen LogP) is 3.69. The zero-order valence-electron chi connectivity index (χ0n) is 11.8. The molecular weight excluding hydrogens is 256 g/mol. The van der Waals surface area contributed by atoms with E-state index in [1.807, 2.05) is 11.0 Å². The number of amides is 1. The SMILES string of the molecule is CCCCCCc1cc(C(=O)N2CCCC2)c(N)s1. The van der Waals surface area contributed by atoms with E-state index in [0.717, 1.165) is 37.9 Å². The van der Waals surface area contributed by atoms with E-state index < -0.39 is 0 Å². The number of thiophene rings is 1. The zero-order chi connectivity index (χ0) is 13.7. The van der Waals surface area contributed by atoms with E-state index in [9.17, 15) is 4.79 Å². The second-order valence-corrected chi connectivity index (χ2v) is 6.47. The summed E-state index contributed by atoms with van der Waals surface area (Å²) < 4.78 is 0. The van der Waals surface area contributed by atoms with Gasteiger partial charge in [-0.2, -0.15) is 0 Å². The molecular formula is C15H24N2OS. The third-order valence-electron chi connectivity index (χ3n) is 3.71. The Morgan fingerprint density at radius 2 is 2.05 bits per heavy atom. The summed E-state index contributed by atoms with van der Waals surface area (Å²) in [6, 6.07) is 2.02. The maximum Gasteiger partial charge on any atom is 0.256 e. The number of nitrogens with two attached hydrogens (primary N) is 1. The van der Waals surface area contributed by atoms with Gasteiger partial charge in [-0.25, -0.2) is 0 Å². The Kier molecular flexibility index (Phi) is 5.25. The second-order valence-electron chi connectivity index (χ2n) is 5.30. The summed E-state index contributed by atoms with van der Waals surface area (Å²) in [5.74, 6) is 0.131. The molecule has 0 unspecified atom stereocenters. The lowest BCUT2D eigenvalue weighted by atomic mass is 10.1. The van der Waals surface area contributed by atoms with Crippen molar-refractivity contribution >= 4 is 22.2 Å². The molecule has 19 heavy (non-hydrogen) atoms. The Labute approximate surface area is 119 Å². The second kappa shape index (κ2) is 6.94. The fraction of sp³-hybridized carbons (Fsp3) is 0.667. The van der Waals surface area contributed by atoms with Crippen LogP contribution in [0.2, 0.25) is 0 Å². The van der Waals surface area contributed by atoms with Crippen molar-refractivity contribution in [3.8, 4) is 0 Å². The van der Waals surface area contributed by atoms with E-state index in [2.05, 4.69) is 6.92 Å². The van der Waals surface area contributed by atoms with Crippen LogP contribution in [0.1, 0.15) is 60.7 Å². The highest BCUT2D eigenvalue weighted by molar-refractivity contribution is 7.16. The highest BCUT2D eigenvalue weighted by Gasteiger charge is 2.22. The summed E-state index contributed by atoms with van der Waals surface area (Å²) in [7, 11) is 0. The van der Waals surface area contributed by atoms with Gasteiger partial charge in [-0.3, -0.25) is 4.79 Å². The normalized spacial score (nSPS) is 15.1. The van der Waals surface area contributed by atoms with Crippen LogP contribution in [-0.4, -0.2) is 23.9 Å². The number of anilines is 1.